The van der Waals surface area contributed by atoms with E-state index < -0.39 is 0 Å². The number of benzene rings is 1. The summed E-state index contributed by atoms with van der Waals surface area (Å²) < 4.78 is 5.88. The second-order valence-electron chi connectivity index (χ2n) is 8.21. The zero-order valence-corrected chi connectivity index (χ0v) is 16.7. The Bertz CT molecular complexity index is 1020. The Morgan fingerprint density at radius 1 is 1.23 bits per heavy atom. The topological polar surface area (TPSA) is 106 Å². The van der Waals surface area contributed by atoms with Crippen molar-refractivity contribution in [1.82, 2.24) is 20.1 Å². The number of anilines is 1. The largest absolute Gasteiger partial charge is 0.423 e. The fourth-order valence-electron chi connectivity index (χ4n) is 4.62. The lowest BCUT2D eigenvalue weighted by molar-refractivity contribution is -0.133. The summed E-state index contributed by atoms with van der Waals surface area (Å²) >= 11 is 0. The van der Waals surface area contributed by atoms with Gasteiger partial charge in [-0.1, -0.05) is 0 Å². The van der Waals surface area contributed by atoms with Crippen LogP contribution in [0.4, 0.5) is 6.01 Å². The van der Waals surface area contributed by atoms with Gasteiger partial charge in [0, 0.05) is 51.7 Å². The third-order valence-electron chi connectivity index (χ3n) is 6.35. The number of hydrogen-bond donors (Lipinski definition) is 1. The Morgan fingerprint density at radius 2 is 2.07 bits per heavy atom. The number of ketones is 1. The van der Waals surface area contributed by atoms with E-state index in [-0.39, 0.29) is 24.3 Å². The first-order valence-corrected chi connectivity index (χ1v) is 10.4. The summed E-state index contributed by atoms with van der Waals surface area (Å²) in [5.41, 5.74) is 1.96. The number of fused-ring (bicyclic) bond motifs is 1. The van der Waals surface area contributed by atoms with Gasteiger partial charge in [-0.3, -0.25) is 14.5 Å². The highest BCUT2D eigenvalue weighted by molar-refractivity contribution is 5.91. The molecule has 2 aromatic rings. The first-order chi connectivity index (χ1) is 14.6. The van der Waals surface area contributed by atoms with Crippen LogP contribution in [0.2, 0.25) is 0 Å². The lowest BCUT2D eigenvalue weighted by Crippen LogP contribution is -2.51. The van der Waals surface area contributed by atoms with Gasteiger partial charge in [0.05, 0.1) is 24.2 Å². The molecule has 1 N–H and O–H groups in total. The van der Waals surface area contributed by atoms with Crippen molar-refractivity contribution in [3.05, 3.63) is 23.8 Å². The number of hydrogen-bond acceptors (Lipinski definition) is 8. The molecule has 156 valence electrons. The van der Waals surface area contributed by atoms with Gasteiger partial charge in [-0.25, -0.2) is 0 Å². The predicted molar refractivity (Wildman–Crippen MR) is 109 cm³/mol. The molecule has 9 heteroatoms. The van der Waals surface area contributed by atoms with Gasteiger partial charge in [-0.15, -0.1) is 0 Å². The molecule has 1 amide bonds. The maximum atomic E-state index is 12.6. The Hall–Kier alpha value is -2.96. The number of carbonyl (C=O) groups is 2. The van der Waals surface area contributed by atoms with Crippen LogP contribution in [0.3, 0.4) is 0 Å². The van der Waals surface area contributed by atoms with Gasteiger partial charge in [0.15, 0.2) is 11.4 Å². The van der Waals surface area contributed by atoms with Crippen molar-refractivity contribution in [2.24, 2.45) is 0 Å². The number of piperazine rings is 1. The molecule has 2 atom stereocenters. The van der Waals surface area contributed by atoms with Crippen molar-refractivity contribution >= 4 is 28.8 Å². The number of aromatic nitrogens is 1. The first-order valence-electron chi connectivity index (χ1n) is 10.4. The van der Waals surface area contributed by atoms with E-state index in [2.05, 4.69) is 26.2 Å². The van der Waals surface area contributed by atoms with Crippen molar-refractivity contribution in [1.29, 1.82) is 5.26 Å². The molecule has 5 rings (SSSR count). The summed E-state index contributed by atoms with van der Waals surface area (Å²) in [6.07, 6.45) is 1.26. The van der Waals surface area contributed by atoms with Crippen LogP contribution < -0.4 is 10.2 Å². The predicted octanol–water partition coefficient (Wildman–Crippen LogP) is 0.353. The molecule has 0 radical (unpaired) electrons. The van der Waals surface area contributed by atoms with Gasteiger partial charge in [0.25, 0.3) is 6.01 Å². The molecule has 3 saturated heterocycles. The molecule has 9 nitrogen and oxygen atoms in total. The second-order valence-corrected chi connectivity index (χ2v) is 8.21. The zero-order chi connectivity index (χ0) is 20.7. The SMILES string of the molecule is N#Cc1ccc2oc(N3CCN([C@@H]4CN[C@H](C(=O)N5CCC(=O)C5)C4)CC3)nc2c1. The molecule has 1 aromatic heterocycles. The van der Waals surface area contributed by atoms with Crippen LogP contribution in [-0.2, 0) is 9.59 Å². The molecule has 0 unspecified atom stereocenters. The Morgan fingerprint density at radius 3 is 2.80 bits per heavy atom. The average Bonchev–Trinajstić information content (AvgIpc) is 3.52. The van der Waals surface area contributed by atoms with Gasteiger partial charge < -0.3 is 19.5 Å². The number of amides is 1. The molecule has 0 spiro atoms. The van der Waals surface area contributed by atoms with E-state index in [0.29, 0.717) is 41.7 Å². The van der Waals surface area contributed by atoms with Crippen LogP contribution in [0.15, 0.2) is 22.6 Å². The van der Waals surface area contributed by atoms with E-state index in [1.165, 1.54) is 0 Å². The standard InChI is InChI=1S/C21H24N6O3/c22-11-14-1-2-19-17(9-14)24-21(30-19)26-7-5-25(6-8-26)15-10-18(23-12-15)20(29)27-4-3-16(28)13-27/h1-2,9,15,18,23H,3-8,10,12-13H2/t15-,18-/m0/s1. The highest BCUT2D eigenvalue weighted by Gasteiger charge is 2.37. The molecule has 3 fully saturated rings. The van der Waals surface area contributed by atoms with Gasteiger partial charge in [-0.05, 0) is 24.6 Å². The lowest BCUT2D eigenvalue weighted by atomic mass is 10.1. The van der Waals surface area contributed by atoms with Crippen molar-refractivity contribution in [2.45, 2.75) is 24.9 Å². The Labute approximate surface area is 174 Å². The lowest BCUT2D eigenvalue weighted by Gasteiger charge is -2.37. The molecule has 4 heterocycles. The van der Waals surface area contributed by atoms with E-state index in [1.54, 1.807) is 23.1 Å². The number of rotatable bonds is 3. The van der Waals surface area contributed by atoms with Gasteiger partial charge in [0.1, 0.15) is 5.52 Å². The fraction of sp³-hybridized carbons (Fsp3) is 0.524. The number of likely N-dealkylation sites (tertiary alicyclic amines) is 1. The van der Waals surface area contributed by atoms with Gasteiger partial charge >= 0.3 is 0 Å². The molecule has 3 aliphatic rings. The quantitative estimate of drug-likeness (QED) is 0.776. The number of nitrogens with zero attached hydrogens (tertiary/aromatic N) is 5. The number of Topliss-reactive ketones (excluding diaryl/α,β-unsaturated/α-hetero) is 1. The Kier molecular flexibility index (Phi) is 4.89. The first kappa shape index (κ1) is 19.0. The molecule has 3 aliphatic heterocycles. The minimum Gasteiger partial charge on any atom is -0.423 e. The third kappa shape index (κ3) is 3.53. The second kappa shape index (κ2) is 7.70. The summed E-state index contributed by atoms with van der Waals surface area (Å²) in [5, 5.41) is 12.4. The fourth-order valence-corrected chi connectivity index (χ4v) is 4.62. The molecule has 1 aromatic carbocycles. The average molecular weight is 408 g/mol. The summed E-state index contributed by atoms with van der Waals surface area (Å²) in [7, 11) is 0. The third-order valence-corrected chi connectivity index (χ3v) is 6.35. The maximum absolute atomic E-state index is 12.6. The molecular weight excluding hydrogens is 384 g/mol. The van der Waals surface area contributed by atoms with Crippen LogP contribution in [-0.4, -0.2) is 84.4 Å². The maximum Gasteiger partial charge on any atom is 0.298 e. The smallest absolute Gasteiger partial charge is 0.298 e. The normalized spacial score (nSPS) is 25.2. The summed E-state index contributed by atoms with van der Waals surface area (Å²) in [4.78, 5) is 34.9. The van der Waals surface area contributed by atoms with Crippen LogP contribution in [0.1, 0.15) is 18.4 Å². The van der Waals surface area contributed by atoms with Crippen LogP contribution in [0.5, 0.6) is 0 Å². The van der Waals surface area contributed by atoms with Crippen molar-refractivity contribution in [3.8, 4) is 6.07 Å². The molecular formula is C21H24N6O3. The van der Waals surface area contributed by atoms with Crippen LogP contribution in [0, 0.1) is 11.3 Å². The van der Waals surface area contributed by atoms with E-state index >= 15 is 0 Å². The summed E-state index contributed by atoms with van der Waals surface area (Å²) in [6, 6.07) is 8.12. The van der Waals surface area contributed by atoms with E-state index in [4.69, 9.17) is 9.68 Å². The highest BCUT2D eigenvalue weighted by Crippen LogP contribution is 2.25. The molecule has 0 bridgehead atoms. The molecule has 0 aliphatic carbocycles. The van der Waals surface area contributed by atoms with Gasteiger partial charge in [-0.2, -0.15) is 10.2 Å². The molecule has 30 heavy (non-hydrogen) atoms. The number of nitrogens with one attached hydrogen (secondary N) is 1. The van der Waals surface area contributed by atoms with Crippen molar-refractivity contribution < 1.29 is 14.0 Å². The van der Waals surface area contributed by atoms with Gasteiger partial charge in [0.2, 0.25) is 5.91 Å². The summed E-state index contributed by atoms with van der Waals surface area (Å²) in [5.74, 6) is 0.210. The number of oxazole rings is 1. The van der Waals surface area contributed by atoms with Crippen LogP contribution >= 0.6 is 0 Å². The monoisotopic (exact) mass is 408 g/mol. The highest BCUT2D eigenvalue weighted by atomic mass is 16.4. The van der Waals surface area contributed by atoms with E-state index in [1.807, 2.05) is 0 Å². The van der Waals surface area contributed by atoms with Crippen molar-refractivity contribution in [2.75, 3.05) is 50.7 Å². The van der Waals surface area contributed by atoms with E-state index in [0.717, 1.165) is 39.1 Å². The molecule has 0 saturated carbocycles. The minimum absolute atomic E-state index is 0.0604. The van der Waals surface area contributed by atoms with Crippen LogP contribution in [0.25, 0.3) is 11.1 Å². The zero-order valence-electron chi connectivity index (χ0n) is 16.7. The number of nitriles is 1. The van der Waals surface area contributed by atoms with Crippen molar-refractivity contribution in [3.63, 3.8) is 0 Å². The summed E-state index contributed by atoms with van der Waals surface area (Å²) in [6.45, 7) is 4.95. The number of carbonyl (C=O) groups excluding carboxylic acids is 2. The minimum atomic E-state index is -0.190. The Balaban J connectivity index is 1.17. The van der Waals surface area contributed by atoms with E-state index in [9.17, 15) is 9.59 Å².